The highest BCUT2D eigenvalue weighted by Crippen LogP contribution is 2.08. The van der Waals surface area contributed by atoms with Crippen molar-refractivity contribution >= 4 is 5.95 Å². The van der Waals surface area contributed by atoms with Crippen molar-refractivity contribution in [1.29, 1.82) is 5.26 Å². The summed E-state index contributed by atoms with van der Waals surface area (Å²) in [5, 5.41) is 11.9. The number of rotatable bonds is 2. The minimum Gasteiger partial charge on any atom is -0.340 e. The largest absolute Gasteiger partial charge is 0.340 e. The Morgan fingerprint density at radius 3 is 2.88 bits per heavy atom. The summed E-state index contributed by atoms with van der Waals surface area (Å²) in [6, 6.07) is 2.09. The van der Waals surface area contributed by atoms with Gasteiger partial charge >= 0.3 is 0 Å². The molecular formula is C11H15N5. The Morgan fingerprint density at radius 2 is 2.12 bits per heavy atom. The molecule has 0 amide bonds. The van der Waals surface area contributed by atoms with Gasteiger partial charge < -0.3 is 10.2 Å². The molecule has 2 heterocycles. The van der Waals surface area contributed by atoms with Gasteiger partial charge in [-0.15, -0.1) is 0 Å². The van der Waals surface area contributed by atoms with E-state index in [0.29, 0.717) is 6.42 Å². The summed E-state index contributed by atoms with van der Waals surface area (Å²) in [7, 11) is 0. The average Bonchev–Trinajstić information content (AvgIpc) is 2.59. The first-order chi connectivity index (χ1) is 7.90. The molecule has 0 bridgehead atoms. The Bertz CT molecular complexity index is 359. The molecule has 1 saturated heterocycles. The maximum Gasteiger partial charge on any atom is 0.225 e. The second kappa shape index (κ2) is 5.42. The van der Waals surface area contributed by atoms with Crippen molar-refractivity contribution in [2.45, 2.75) is 12.8 Å². The summed E-state index contributed by atoms with van der Waals surface area (Å²) in [5.41, 5.74) is 0.874. The van der Waals surface area contributed by atoms with Crippen LogP contribution in [0.3, 0.4) is 0 Å². The minimum absolute atomic E-state index is 0.377. The van der Waals surface area contributed by atoms with E-state index >= 15 is 0 Å². The second-order valence-electron chi connectivity index (χ2n) is 3.82. The van der Waals surface area contributed by atoms with Gasteiger partial charge in [0.2, 0.25) is 5.95 Å². The first-order valence-electron chi connectivity index (χ1n) is 5.53. The second-order valence-corrected chi connectivity index (χ2v) is 3.82. The van der Waals surface area contributed by atoms with Crippen molar-refractivity contribution in [3.05, 3.63) is 18.0 Å². The predicted molar refractivity (Wildman–Crippen MR) is 61.0 cm³/mol. The summed E-state index contributed by atoms with van der Waals surface area (Å²) in [6.07, 6.45) is 4.97. The number of hydrogen-bond acceptors (Lipinski definition) is 5. The van der Waals surface area contributed by atoms with E-state index in [0.717, 1.165) is 44.1 Å². The number of nitrogens with zero attached hydrogens (tertiary/aromatic N) is 4. The molecule has 0 aliphatic carbocycles. The Morgan fingerprint density at radius 1 is 1.31 bits per heavy atom. The highest BCUT2D eigenvalue weighted by molar-refractivity contribution is 5.30. The van der Waals surface area contributed by atoms with Crippen LogP contribution in [-0.2, 0) is 6.42 Å². The van der Waals surface area contributed by atoms with E-state index in [1.165, 1.54) is 0 Å². The quantitative estimate of drug-likeness (QED) is 0.774. The lowest BCUT2D eigenvalue weighted by molar-refractivity contribution is 0.724. The van der Waals surface area contributed by atoms with Gasteiger partial charge in [-0.25, -0.2) is 9.97 Å². The molecule has 1 fully saturated rings. The van der Waals surface area contributed by atoms with E-state index in [9.17, 15) is 0 Å². The summed E-state index contributed by atoms with van der Waals surface area (Å²) in [4.78, 5) is 10.8. The van der Waals surface area contributed by atoms with Crippen LogP contribution < -0.4 is 10.2 Å². The van der Waals surface area contributed by atoms with Gasteiger partial charge in [0.05, 0.1) is 12.5 Å². The molecule has 5 heteroatoms. The SMILES string of the molecule is N#CCc1cnc(N2CCCNCC2)nc1. The van der Waals surface area contributed by atoms with E-state index < -0.39 is 0 Å². The number of anilines is 1. The molecule has 16 heavy (non-hydrogen) atoms. The van der Waals surface area contributed by atoms with Gasteiger partial charge in [-0.05, 0) is 13.0 Å². The van der Waals surface area contributed by atoms with Crippen LogP contribution in [0.5, 0.6) is 0 Å². The minimum atomic E-state index is 0.377. The van der Waals surface area contributed by atoms with Crippen LogP contribution in [0.15, 0.2) is 12.4 Å². The molecule has 84 valence electrons. The molecule has 0 spiro atoms. The molecular weight excluding hydrogens is 202 g/mol. The number of nitriles is 1. The van der Waals surface area contributed by atoms with Crippen molar-refractivity contribution < 1.29 is 0 Å². The fourth-order valence-electron chi connectivity index (χ4n) is 1.74. The van der Waals surface area contributed by atoms with Gasteiger partial charge in [0.25, 0.3) is 0 Å². The molecule has 0 saturated carbocycles. The van der Waals surface area contributed by atoms with Gasteiger partial charge in [0.15, 0.2) is 0 Å². The Hall–Kier alpha value is -1.67. The van der Waals surface area contributed by atoms with Crippen molar-refractivity contribution in [3.8, 4) is 6.07 Å². The zero-order valence-electron chi connectivity index (χ0n) is 9.19. The fraction of sp³-hybridized carbons (Fsp3) is 0.545. The molecule has 0 radical (unpaired) electrons. The summed E-state index contributed by atoms with van der Waals surface area (Å²) in [5.74, 6) is 0.769. The van der Waals surface area contributed by atoms with Gasteiger partial charge in [-0.3, -0.25) is 0 Å². The fourth-order valence-corrected chi connectivity index (χ4v) is 1.74. The predicted octanol–water partition coefficient (Wildman–Crippen LogP) is 0.342. The lowest BCUT2D eigenvalue weighted by Crippen LogP contribution is -2.29. The van der Waals surface area contributed by atoms with Crippen LogP contribution in [-0.4, -0.2) is 36.1 Å². The van der Waals surface area contributed by atoms with Crippen molar-refractivity contribution in [3.63, 3.8) is 0 Å². The molecule has 2 rings (SSSR count). The third-order valence-corrected chi connectivity index (χ3v) is 2.60. The van der Waals surface area contributed by atoms with Crippen molar-refractivity contribution in [1.82, 2.24) is 15.3 Å². The van der Waals surface area contributed by atoms with Gasteiger partial charge in [-0.1, -0.05) is 0 Å². The maximum absolute atomic E-state index is 8.55. The molecule has 0 atom stereocenters. The Kier molecular flexibility index (Phi) is 3.67. The molecule has 1 aromatic heterocycles. The number of aromatic nitrogens is 2. The zero-order valence-corrected chi connectivity index (χ0v) is 9.19. The summed E-state index contributed by atoms with van der Waals surface area (Å²) in [6.45, 7) is 3.97. The van der Waals surface area contributed by atoms with Gasteiger partial charge in [0.1, 0.15) is 0 Å². The molecule has 0 aromatic carbocycles. The highest BCUT2D eigenvalue weighted by Gasteiger charge is 2.11. The van der Waals surface area contributed by atoms with E-state index in [4.69, 9.17) is 5.26 Å². The molecule has 1 aliphatic heterocycles. The molecule has 1 N–H and O–H groups in total. The lowest BCUT2D eigenvalue weighted by Gasteiger charge is -2.19. The molecule has 1 aromatic rings. The molecule has 0 unspecified atom stereocenters. The van der Waals surface area contributed by atoms with Crippen molar-refractivity contribution in [2.75, 3.05) is 31.1 Å². The highest BCUT2D eigenvalue weighted by atomic mass is 15.3. The zero-order chi connectivity index (χ0) is 11.2. The third-order valence-electron chi connectivity index (χ3n) is 2.60. The smallest absolute Gasteiger partial charge is 0.225 e. The standard InChI is InChI=1S/C11H15N5/c12-3-2-10-8-14-11(15-9-10)16-6-1-4-13-5-7-16/h8-9,13H,1-2,4-7H2. The summed E-state index contributed by atoms with van der Waals surface area (Å²) >= 11 is 0. The Labute approximate surface area is 95.1 Å². The van der Waals surface area contributed by atoms with Crippen LogP contribution in [0, 0.1) is 11.3 Å². The molecule has 1 aliphatic rings. The van der Waals surface area contributed by atoms with Gasteiger partial charge in [0, 0.05) is 37.6 Å². The molecule has 5 nitrogen and oxygen atoms in total. The van der Waals surface area contributed by atoms with E-state index in [2.05, 4.69) is 26.3 Å². The number of hydrogen-bond donors (Lipinski definition) is 1. The summed E-state index contributed by atoms with van der Waals surface area (Å²) < 4.78 is 0. The number of nitrogens with one attached hydrogen (secondary N) is 1. The first-order valence-corrected chi connectivity index (χ1v) is 5.53. The van der Waals surface area contributed by atoms with E-state index in [-0.39, 0.29) is 0 Å². The third kappa shape index (κ3) is 2.67. The lowest BCUT2D eigenvalue weighted by atomic mass is 10.3. The van der Waals surface area contributed by atoms with E-state index in [1.807, 2.05) is 0 Å². The monoisotopic (exact) mass is 217 g/mol. The van der Waals surface area contributed by atoms with Crippen LogP contribution >= 0.6 is 0 Å². The van der Waals surface area contributed by atoms with Gasteiger partial charge in [-0.2, -0.15) is 5.26 Å². The first kappa shape index (κ1) is 10.8. The topological polar surface area (TPSA) is 64.8 Å². The van der Waals surface area contributed by atoms with Crippen LogP contribution in [0.25, 0.3) is 0 Å². The van der Waals surface area contributed by atoms with Crippen molar-refractivity contribution in [2.24, 2.45) is 0 Å². The maximum atomic E-state index is 8.55. The van der Waals surface area contributed by atoms with Crippen LogP contribution in [0.1, 0.15) is 12.0 Å². The van der Waals surface area contributed by atoms with Crippen LogP contribution in [0.2, 0.25) is 0 Å². The normalized spacial score (nSPS) is 16.6. The van der Waals surface area contributed by atoms with Crippen LogP contribution in [0.4, 0.5) is 5.95 Å². The average molecular weight is 217 g/mol. The van der Waals surface area contributed by atoms with E-state index in [1.54, 1.807) is 12.4 Å². The Balaban J connectivity index is 2.05.